The van der Waals surface area contributed by atoms with Gasteiger partial charge in [0, 0.05) is 25.7 Å². The summed E-state index contributed by atoms with van der Waals surface area (Å²) in [4.78, 5) is 72.7. The second-order valence-corrected chi connectivity index (χ2v) is 31.1. The van der Waals surface area contributed by atoms with Crippen LogP contribution in [-0.2, 0) is 65.4 Å². The van der Waals surface area contributed by atoms with Crippen molar-refractivity contribution in [1.29, 1.82) is 0 Å². The number of esters is 4. The van der Waals surface area contributed by atoms with Gasteiger partial charge >= 0.3 is 39.5 Å². The average Bonchev–Trinajstić information content (AvgIpc) is 1.20. The third-order valence-corrected chi connectivity index (χ3v) is 19.9. The van der Waals surface area contributed by atoms with E-state index in [4.69, 9.17) is 37.0 Å². The van der Waals surface area contributed by atoms with Crippen LogP contribution in [0.5, 0.6) is 0 Å². The lowest BCUT2D eigenvalue weighted by Crippen LogP contribution is -2.30. The summed E-state index contributed by atoms with van der Waals surface area (Å²) < 4.78 is 68.5. The first-order chi connectivity index (χ1) is 46.5. The smallest absolute Gasteiger partial charge is 0.462 e. The monoisotopic (exact) mass is 1410 g/mol. The van der Waals surface area contributed by atoms with Gasteiger partial charge in [-0.2, -0.15) is 0 Å². The number of aliphatic hydroxyl groups excluding tert-OH is 1. The molecule has 0 heterocycles. The Balaban J connectivity index is 5.18. The number of phosphoric acid groups is 2. The van der Waals surface area contributed by atoms with E-state index in [0.717, 1.165) is 109 Å². The minimum Gasteiger partial charge on any atom is -0.462 e. The van der Waals surface area contributed by atoms with E-state index in [9.17, 15) is 43.2 Å². The molecule has 0 aliphatic carbocycles. The summed E-state index contributed by atoms with van der Waals surface area (Å²) in [6.07, 6.45) is 59.8. The number of unbranched alkanes of at least 4 members (excludes halogenated alkanes) is 49. The molecule has 0 bridgehead atoms. The molecule has 19 heteroatoms. The van der Waals surface area contributed by atoms with Crippen molar-refractivity contribution in [3.8, 4) is 0 Å². The third kappa shape index (κ3) is 70.5. The van der Waals surface area contributed by atoms with Gasteiger partial charge in [-0.05, 0) is 31.6 Å². The van der Waals surface area contributed by atoms with Gasteiger partial charge in [0.15, 0.2) is 12.2 Å². The summed E-state index contributed by atoms with van der Waals surface area (Å²) >= 11 is 0. The van der Waals surface area contributed by atoms with Crippen molar-refractivity contribution in [1.82, 2.24) is 0 Å². The van der Waals surface area contributed by atoms with Crippen LogP contribution in [0.25, 0.3) is 0 Å². The van der Waals surface area contributed by atoms with Crippen LogP contribution in [0, 0.1) is 5.92 Å². The quantitative estimate of drug-likeness (QED) is 0.0222. The maximum absolute atomic E-state index is 13.1. The van der Waals surface area contributed by atoms with E-state index in [2.05, 4.69) is 34.6 Å². The highest BCUT2D eigenvalue weighted by molar-refractivity contribution is 7.47. The van der Waals surface area contributed by atoms with Crippen LogP contribution in [0.4, 0.5) is 0 Å². The number of phosphoric ester groups is 2. The van der Waals surface area contributed by atoms with Crippen LogP contribution in [-0.4, -0.2) is 96.7 Å². The molecule has 2 unspecified atom stereocenters. The van der Waals surface area contributed by atoms with Crippen LogP contribution in [0.15, 0.2) is 0 Å². The Hall–Kier alpha value is -1.94. The summed E-state index contributed by atoms with van der Waals surface area (Å²) in [5.74, 6) is -1.31. The second kappa shape index (κ2) is 70.1. The molecule has 0 aromatic heterocycles. The molecule has 0 rings (SSSR count). The molecule has 3 N–H and O–H groups in total. The van der Waals surface area contributed by atoms with Crippen molar-refractivity contribution < 1.29 is 80.2 Å². The molecular formula is C77H150O17P2. The number of rotatable bonds is 77. The summed E-state index contributed by atoms with van der Waals surface area (Å²) in [5.41, 5.74) is 0. The van der Waals surface area contributed by atoms with Gasteiger partial charge in [0.1, 0.15) is 19.3 Å². The molecule has 0 radical (unpaired) electrons. The van der Waals surface area contributed by atoms with E-state index in [1.807, 2.05) is 0 Å². The zero-order chi connectivity index (χ0) is 70.5. The molecule has 0 saturated carbocycles. The predicted octanol–water partition coefficient (Wildman–Crippen LogP) is 22.9. The first-order valence-electron chi connectivity index (χ1n) is 40.1. The van der Waals surface area contributed by atoms with Gasteiger partial charge < -0.3 is 33.8 Å². The highest BCUT2D eigenvalue weighted by Crippen LogP contribution is 2.45. The maximum Gasteiger partial charge on any atom is 0.472 e. The summed E-state index contributed by atoms with van der Waals surface area (Å²) in [6, 6.07) is 0. The minimum atomic E-state index is -4.96. The molecule has 0 aliphatic heterocycles. The first kappa shape index (κ1) is 94.1. The van der Waals surface area contributed by atoms with E-state index >= 15 is 0 Å². The van der Waals surface area contributed by atoms with Crippen molar-refractivity contribution >= 4 is 39.5 Å². The molecular weight excluding hydrogens is 1260 g/mol. The molecule has 5 atom stereocenters. The number of carbonyl (C=O) groups is 4. The van der Waals surface area contributed by atoms with Gasteiger partial charge in [0.2, 0.25) is 0 Å². The standard InChI is InChI=1S/C77H150O17P2/c1-6-9-12-15-18-20-22-24-25-26-27-30-34-37-41-46-51-56-61-75(80)88-67-73(94-77(82)63-58-53-48-43-39-35-31-28-29-33-36-40-45-49-54-59-70(4)5)69-92-96(85,86)90-65-71(78)64-89-95(83,84)91-68-72(66-87-74(79)60-55-50-44-17-14-11-8-3)93-76(81)62-57-52-47-42-38-32-23-21-19-16-13-10-7-2/h70-73,78H,6-69H2,1-5H3,(H,83,84)(H,85,86)/t71-,72+,73+/m0/s1. The highest BCUT2D eigenvalue weighted by atomic mass is 31.2. The third-order valence-electron chi connectivity index (χ3n) is 18.0. The maximum atomic E-state index is 13.1. The fraction of sp³-hybridized carbons (Fsp3) is 0.948. The number of hydrogen-bond acceptors (Lipinski definition) is 15. The molecule has 0 saturated heterocycles. The number of ether oxygens (including phenoxy) is 4. The van der Waals surface area contributed by atoms with Gasteiger partial charge in [-0.3, -0.25) is 37.3 Å². The Morgan fingerprint density at radius 1 is 0.281 bits per heavy atom. The van der Waals surface area contributed by atoms with Crippen LogP contribution in [0.3, 0.4) is 0 Å². The molecule has 0 aromatic carbocycles. The Labute approximate surface area is 588 Å². The Morgan fingerprint density at radius 3 is 0.708 bits per heavy atom. The summed E-state index contributed by atoms with van der Waals surface area (Å²) in [7, 11) is -9.91. The SMILES string of the molecule is CCCCCCCCCCCCCCCCCCCCC(=O)OC[C@H](COP(=O)(O)OC[C@@H](O)COP(=O)(O)OC[C@@H](COC(=O)CCCCCCCCC)OC(=O)CCCCCCCCCCCCCCC)OC(=O)CCCCCCCCCCCCCCCCCC(C)C. The Bertz CT molecular complexity index is 1840. The van der Waals surface area contributed by atoms with Crippen LogP contribution < -0.4 is 0 Å². The van der Waals surface area contributed by atoms with Crippen molar-refractivity contribution in [3.05, 3.63) is 0 Å². The lowest BCUT2D eigenvalue weighted by atomic mass is 10.0. The van der Waals surface area contributed by atoms with E-state index in [-0.39, 0.29) is 25.7 Å². The Kier molecular flexibility index (Phi) is 68.7. The van der Waals surface area contributed by atoms with Crippen molar-refractivity contribution in [2.24, 2.45) is 5.92 Å². The van der Waals surface area contributed by atoms with E-state index in [0.29, 0.717) is 25.7 Å². The lowest BCUT2D eigenvalue weighted by Gasteiger charge is -2.21. The largest absolute Gasteiger partial charge is 0.472 e. The molecule has 0 aromatic rings. The molecule has 96 heavy (non-hydrogen) atoms. The molecule has 0 spiro atoms. The fourth-order valence-corrected chi connectivity index (χ4v) is 13.5. The average molecular weight is 1410 g/mol. The minimum absolute atomic E-state index is 0.108. The molecule has 0 aliphatic rings. The zero-order valence-electron chi connectivity index (χ0n) is 62.5. The number of carbonyl (C=O) groups excluding carboxylic acids is 4. The predicted molar refractivity (Wildman–Crippen MR) is 391 cm³/mol. The van der Waals surface area contributed by atoms with Gasteiger partial charge in [-0.1, -0.05) is 356 Å². The van der Waals surface area contributed by atoms with E-state index in [1.54, 1.807) is 0 Å². The highest BCUT2D eigenvalue weighted by Gasteiger charge is 2.30. The summed E-state index contributed by atoms with van der Waals surface area (Å²) in [5, 5.41) is 10.6. The lowest BCUT2D eigenvalue weighted by molar-refractivity contribution is -0.161. The molecule has 570 valence electrons. The van der Waals surface area contributed by atoms with E-state index < -0.39 is 97.5 Å². The molecule has 0 amide bonds. The van der Waals surface area contributed by atoms with Crippen molar-refractivity contribution in [3.63, 3.8) is 0 Å². The molecule has 17 nitrogen and oxygen atoms in total. The number of hydrogen-bond donors (Lipinski definition) is 3. The van der Waals surface area contributed by atoms with Gasteiger partial charge in [-0.25, -0.2) is 9.13 Å². The van der Waals surface area contributed by atoms with Crippen LogP contribution in [0.1, 0.15) is 407 Å². The van der Waals surface area contributed by atoms with Gasteiger partial charge in [0.05, 0.1) is 26.4 Å². The topological polar surface area (TPSA) is 237 Å². The summed E-state index contributed by atoms with van der Waals surface area (Å²) in [6.45, 7) is 7.29. The molecule has 0 fully saturated rings. The Morgan fingerprint density at radius 2 is 0.479 bits per heavy atom. The zero-order valence-corrected chi connectivity index (χ0v) is 64.3. The first-order valence-corrected chi connectivity index (χ1v) is 43.1. The normalized spacial score (nSPS) is 13.9. The van der Waals surface area contributed by atoms with Crippen molar-refractivity contribution in [2.75, 3.05) is 39.6 Å². The second-order valence-electron chi connectivity index (χ2n) is 28.2. The van der Waals surface area contributed by atoms with Gasteiger partial charge in [-0.15, -0.1) is 0 Å². The van der Waals surface area contributed by atoms with Crippen molar-refractivity contribution in [2.45, 2.75) is 425 Å². The van der Waals surface area contributed by atoms with Crippen LogP contribution >= 0.6 is 15.6 Å². The van der Waals surface area contributed by atoms with Gasteiger partial charge in [0.25, 0.3) is 0 Å². The number of aliphatic hydroxyl groups is 1. The van der Waals surface area contributed by atoms with Crippen LogP contribution in [0.2, 0.25) is 0 Å². The van der Waals surface area contributed by atoms with E-state index in [1.165, 1.54) is 218 Å². The fourth-order valence-electron chi connectivity index (χ4n) is 11.9.